The van der Waals surface area contributed by atoms with Gasteiger partial charge in [-0.15, -0.1) is 0 Å². The van der Waals surface area contributed by atoms with Crippen LogP contribution in [0.2, 0.25) is 0 Å². The number of carbonyl (C=O) groups is 1. The summed E-state index contributed by atoms with van der Waals surface area (Å²) in [6.07, 6.45) is -1.44. The molecule has 2 rings (SSSR count). The number of rotatable bonds is 4. The molecular weight excluding hydrogens is 276 g/mol. The number of aryl methyl sites for hydroxylation is 1. The Labute approximate surface area is 121 Å². The normalized spacial score (nSPS) is 12.0. The quantitative estimate of drug-likeness (QED) is 0.910. The van der Waals surface area contributed by atoms with E-state index >= 15 is 0 Å². The molecule has 3 nitrogen and oxygen atoms in total. The van der Waals surface area contributed by atoms with Gasteiger partial charge >= 0.3 is 0 Å². The van der Waals surface area contributed by atoms with Gasteiger partial charge in [0.05, 0.1) is 5.56 Å². The molecule has 0 fully saturated rings. The minimum absolute atomic E-state index is 0.273. The molecule has 0 radical (unpaired) electrons. The lowest BCUT2D eigenvalue weighted by molar-refractivity contribution is 0.0911. The molecule has 0 aliphatic carbocycles. The second kappa shape index (κ2) is 6.45. The lowest BCUT2D eigenvalue weighted by atomic mass is 10.1. The zero-order valence-electron chi connectivity index (χ0n) is 11.4. The molecule has 2 N–H and O–H groups in total. The topological polar surface area (TPSA) is 49.3 Å². The first-order chi connectivity index (χ1) is 9.99. The Bertz CT molecular complexity index is 621. The zero-order chi connectivity index (χ0) is 15.4. The Morgan fingerprint density at radius 3 is 2.29 bits per heavy atom. The van der Waals surface area contributed by atoms with Crippen molar-refractivity contribution in [2.75, 3.05) is 6.54 Å². The summed E-state index contributed by atoms with van der Waals surface area (Å²) < 4.78 is 27.0. The standard InChI is InChI=1S/C16H15F2NO2/c1-10-5-7-11(8-6-10)16(21)19-9-14(20)15-12(17)3-2-4-13(15)18/h2-8,14,20H,9H2,1H3,(H,19,21). The zero-order valence-corrected chi connectivity index (χ0v) is 11.4. The van der Waals surface area contributed by atoms with Gasteiger partial charge in [-0.3, -0.25) is 4.79 Å². The number of hydrogen-bond donors (Lipinski definition) is 2. The summed E-state index contributed by atoms with van der Waals surface area (Å²) in [5.74, 6) is -2.09. The number of benzene rings is 2. The molecule has 2 aromatic rings. The van der Waals surface area contributed by atoms with E-state index in [9.17, 15) is 18.7 Å². The molecule has 0 aliphatic rings. The van der Waals surface area contributed by atoms with E-state index in [1.165, 1.54) is 6.07 Å². The number of carbonyl (C=O) groups excluding carboxylic acids is 1. The maximum atomic E-state index is 13.5. The second-order valence-electron chi connectivity index (χ2n) is 4.73. The summed E-state index contributed by atoms with van der Waals surface area (Å²) in [6, 6.07) is 10.2. The molecule has 21 heavy (non-hydrogen) atoms. The van der Waals surface area contributed by atoms with E-state index in [1.54, 1.807) is 24.3 Å². The average Bonchev–Trinajstić information content (AvgIpc) is 2.45. The van der Waals surface area contributed by atoms with Crippen LogP contribution in [0.1, 0.15) is 27.6 Å². The Morgan fingerprint density at radius 1 is 1.14 bits per heavy atom. The van der Waals surface area contributed by atoms with Crippen molar-refractivity contribution in [3.05, 3.63) is 70.8 Å². The van der Waals surface area contributed by atoms with Gasteiger partial charge < -0.3 is 10.4 Å². The highest BCUT2D eigenvalue weighted by atomic mass is 19.1. The SMILES string of the molecule is Cc1ccc(C(=O)NCC(O)c2c(F)cccc2F)cc1. The average molecular weight is 291 g/mol. The van der Waals surface area contributed by atoms with Crippen LogP contribution in [0.15, 0.2) is 42.5 Å². The Balaban J connectivity index is 2.02. The van der Waals surface area contributed by atoms with E-state index in [1.807, 2.05) is 6.92 Å². The molecule has 1 atom stereocenters. The first-order valence-electron chi connectivity index (χ1n) is 6.46. The van der Waals surface area contributed by atoms with E-state index in [2.05, 4.69) is 5.32 Å². The summed E-state index contributed by atoms with van der Waals surface area (Å²) in [4.78, 5) is 11.9. The highest BCUT2D eigenvalue weighted by molar-refractivity contribution is 5.94. The van der Waals surface area contributed by atoms with Gasteiger partial charge in [-0.05, 0) is 31.2 Å². The molecule has 0 bridgehead atoms. The van der Waals surface area contributed by atoms with E-state index in [0.29, 0.717) is 5.56 Å². The lowest BCUT2D eigenvalue weighted by Gasteiger charge is -2.14. The first-order valence-corrected chi connectivity index (χ1v) is 6.46. The number of hydrogen-bond acceptors (Lipinski definition) is 2. The Hall–Kier alpha value is -2.27. The van der Waals surface area contributed by atoms with Crippen LogP contribution in [-0.4, -0.2) is 17.6 Å². The summed E-state index contributed by atoms with van der Waals surface area (Å²) >= 11 is 0. The van der Waals surface area contributed by atoms with Crippen LogP contribution in [0, 0.1) is 18.6 Å². The third kappa shape index (κ3) is 3.64. The predicted octanol–water partition coefficient (Wildman–Crippen LogP) is 2.74. The summed E-state index contributed by atoms with van der Waals surface area (Å²) in [7, 11) is 0. The van der Waals surface area contributed by atoms with Crippen molar-refractivity contribution in [1.82, 2.24) is 5.32 Å². The van der Waals surface area contributed by atoms with Crippen LogP contribution in [-0.2, 0) is 0 Å². The van der Waals surface area contributed by atoms with Gasteiger partial charge in [0.2, 0.25) is 0 Å². The first kappa shape index (κ1) is 15.1. The fourth-order valence-corrected chi connectivity index (χ4v) is 1.93. The van der Waals surface area contributed by atoms with Crippen LogP contribution < -0.4 is 5.32 Å². The maximum Gasteiger partial charge on any atom is 0.251 e. The third-order valence-electron chi connectivity index (χ3n) is 3.10. The Morgan fingerprint density at radius 2 is 1.71 bits per heavy atom. The number of amides is 1. The van der Waals surface area contributed by atoms with Crippen LogP contribution in [0.4, 0.5) is 8.78 Å². The maximum absolute atomic E-state index is 13.5. The van der Waals surface area contributed by atoms with Crippen molar-refractivity contribution in [3.63, 3.8) is 0 Å². The third-order valence-corrected chi connectivity index (χ3v) is 3.10. The van der Waals surface area contributed by atoms with Crippen molar-refractivity contribution in [3.8, 4) is 0 Å². The molecule has 0 aliphatic heterocycles. The Kier molecular flexibility index (Phi) is 4.65. The summed E-state index contributed by atoms with van der Waals surface area (Å²) in [5.41, 5.74) is 0.989. The van der Waals surface area contributed by atoms with E-state index in [-0.39, 0.29) is 6.54 Å². The number of aliphatic hydroxyl groups excluding tert-OH is 1. The van der Waals surface area contributed by atoms with Gasteiger partial charge in [-0.1, -0.05) is 23.8 Å². The molecule has 5 heteroatoms. The summed E-state index contributed by atoms with van der Waals surface area (Å²) in [6.45, 7) is 1.62. The van der Waals surface area contributed by atoms with Gasteiger partial charge in [0.1, 0.15) is 17.7 Å². The summed E-state index contributed by atoms with van der Waals surface area (Å²) in [5, 5.41) is 12.3. The number of halogens is 2. The van der Waals surface area contributed by atoms with Crippen molar-refractivity contribution < 1.29 is 18.7 Å². The molecule has 0 heterocycles. The molecule has 0 aromatic heterocycles. The van der Waals surface area contributed by atoms with Crippen LogP contribution in [0.25, 0.3) is 0 Å². The van der Waals surface area contributed by atoms with Gasteiger partial charge in [0, 0.05) is 12.1 Å². The van der Waals surface area contributed by atoms with Gasteiger partial charge in [0.25, 0.3) is 5.91 Å². The van der Waals surface area contributed by atoms with E-state index in [4.69, 9.17) is 0 Å². The van der Waals surface area contributed by atoms with Crippen molar-refractivity contribution >= 4 is 5.91 Å². The molecule has 110 valence electrons. The minimum Gasteiger partial charge on any atom is -0.386 e. The fourth-order valence-electron chi connectivity index (χ4n) is 1.93. The lowest BCUT2D eigenvalue weighted by Crippen LogP contribution is -2.29. The van der Waals surface area contributed by atoms with Crippen molar-refractivity contribution in [2.24, 2.45) is 0 Å². The van der Waals surface area contributed by atoms with Crippen molar-refractivity contribution in [1.29, 1.82) is 0 Å². The van der Waals surface area contributed by atoms with E-state index < -0.39 is 29.2 Å². The predicted molar refractivity (Wildman–Crippen MR) is 74.8 cm³/mol. The van der Waals surface area contributed by atoms with Crippen LogP contribution in [0.5, 0.6) is 0 Å². The van der Waals surface area contributed by atoms with Gasteiger partial charge in [0.15, 0.2) is 0 Å². The largest absolute Gasteiger partial charge is 0.386 e. The second-order valence-corrected chi connectivity index (χ2v) is 4.73. The fraction of sp³-hybridized carbons (Fsp3) is 0.188. The number of nitrogens with one attached hydrogen (secondary N) is 1. The van der Waals surface area contributed by atoms with Gasteiger partial charge in [-0.2, -0.15) is 0 Å². The van der Waals surface area contributed by atoms with Crippen LogP contribution >= 0.6 is 0 Å². The van der Waals surface area contributed by atoms with Gasteiger partial charge in [-0.25, -0.2) is 8.78 Å². The molecule has 1 unspecified atom stereocenters. The molecule has 0 saturated carbocycles. The molecule has 1 amide bonds. The monoisotopic (exact) mass is 291 g/mol. The molecule has 0 spiro atoms. The molecule has 0 saturated heterocycles. The smallest absolute Gasteiger partial charge is 0.251 e. The highest BCUT2D eigenvalue weighted by Gasteiger charge is 2.18. The van der Waals surface area contributed by atoms with E-state index in [0.717, 1.165) is 17.7 Å². The molecular formula is C16H15F2NO2. The van der Waals surface area contributed by atoms with Crippen molar-refractivity contribution in [2.45, 2.75) is 13.0 Å². The number of aliphatic hydroxyl groups is 1. The highest BCUT2D eigenvalue weighted by Crippen LogP contribution is 2.20. The molecule has 2 aromatic carbocycles. The van der Waals surface area contributed by atoms with Crippen LogP contribution in [0.3, 0.4) is 0 Å². The minimum atomic E-state index is -1.44.